The van der Waals surface area contributed by atoms with Gasteiger partial charge in [-0.05, 0) is 18.6 Å². The summed E-state index contributed by atoms with van der Waals surface area (Å²) in [7, 11) is 0. The van der Waals surface area contributed by atoms with Crippen molar-refractivity contribution in [2.24, 2.45) is 0 Å². The van der Waals surface area contributed by atoms with Crippen molar-refractivity contribution in [3.8, 4) is 0 Å². The number of para-hydroxylation sites is 1. The first kappa shape index (κ1) is 15.8. The monoisotopic (exact) mass is 325 g/mol. The van der Waals surface area contributed by atoms with E-state index in [1.54, 1.807) is 0 Å². The van der Waals surface area contributed by atoms with Crippen LogP contribution in [0.1, 0.15) is 6.42 Å². The van der Waals surface area contributed by atoms with Crippen molar-refractivity contribution in [2.45, 2.75) is 18.6 Å². The van der Waals surface area contributed by atoms with Crippen LogP contribution in [-0.2, 0) is 14.3 Å². The lowest BCUT2D eigenvalue weighted by Crippen LogP contribution is -2.52. The maximum absolute atomic E-state index is 13.8. The van der Waals surface area contributed by atoms with Crippen molar-refractivity contribution in [3.63, 3.8) is 0 Å². The summed E-state index contributed by atoms with van der Waals surface area (Å²) in [6.45, 7) is 1.61. The number of hydrogen-bond acceptors (Lipinski definition) is 4. The van der Waals surface area contributed by atoms with Gasteiger partial charge in [0.25, 0.3) is 5.91 Å². The minimum absolute atomic E-state index is 0.144. The molecule has 2 aliphatic rings. The van der Waals surface area contributed by atoms with Crippen molar-refractivity contribution in [1.82, 2.24) is 10.6 Å². The fraction of sp³-hybridized carbons (Fsp3) is 0.467. The van der Waals surface area contributed by atoms with Crippen molar-refractivity contribution in [2.75, 3.05) is 31.1 Å². The lowest BCUT2D eigenvalue weighted by molar-refractivity contribution is -0.136. The average Bonchev–Trinajstić information content (AvgIpc) is 2.89. The molecule has 0 aromatic heterocycles. The molecule has 23 heavy (non-hydrogen) atoms. The van der Waals surface area contributed by atoms with E-state index < -0.39 is 35.6 Å². The number of halogens is 2. The Morgan fingerprint density at radius 2 is 2.09 bits per heavy atom. The number of amides is 2. The molecule has 2 aliphatic heterocycles. The first-order valence-electron chi connectivity index (χ1n) is 7.46. The molecule has 2 saturated heterocycles. The van der Waals surface area contributed by atoms with Crippen molar-refractivity contribution in [1.29, 1.82) is 0 Å². The highest BCUT2D eigenvalue weighted by Crippen LogP contribution is 2.27. The average molecular weight is 325 g/mol. The number of nitrogens with zero attached hydrogens (tertiary/aromatic N) is 1. The Bertz CT molecular complexity index is 600. The largest absolute Gasteiger partial charge is 0.366 e. The van der Waals surface area contributed by atoms with Crippen LogP contribution in [-0.4, -0.2) is 50.2 Å². The van der Waals surface area contributed by atoms with Crippen LogP contribution in [0.2, 0.25) is 0 Å². The molecule has 0 spiro atoms. The molecule has 3 rings (SSSR count). The third-order valence-corrected chi connectivity index (χ3v) is 3.95. The van der Waals surface area contributed by atoms with E-state index in [-0.39, 0.29) is 12.2 Å². The van der Waals surface area contributed by atoms with Gasteiger partial charge in [-0.15, -0.1) is 0 Å². The summed E-state index contributed by atoms with van der Waals surface area (Å²) in [5.41, 5.74) is -0.371. The minimum Gasteiger partial charge on any atom is -0.366 e. The number of carbonyl (C=O) groups excluding carboxylic acids is 2. The highest BCUT2D eigenvalue weighted by atomic mass is 19.1. The molecule has 0 saturated carbocycles. The molecule has 124 valence electrons. The van der Waals surface area contributed by atoms with Gasteiger partial charge in [0.1, 0.15) is 29.5 Å². The number of hydrogen-bond donors (Lipinski definition) is 2. The molecule has 0 unspecified atom stereocenters. The number of ether oxygens (including phenoxy) is 1. The highest BCUT2D eigenvalue weighted by Gasteiger charge is 2.37. The zero-order chi connectivity index (χ0) is 16.4. The van der Waals surface area contributed by atoms with Gasteiger partial charge < -0.3 is 20.3 Å². The topological polar surface area (TPSA) is 70.7 Å². The molecule has 2 atom stereocenters. The molecule has 0 bridgehead atoms. The molecule has 2 fully saturated rings. The molecule has 0 aliphatic carbocycles. The highest BCUT2D eigenvalue weighted by molar-refractivity contribution is 6.01. The van der Waals surface area contributed by atoms with Gasteiger partial charge in [-0.25, -0.2) is 8.78 Å². The molecular weight excluding hydrogens is 308 g/mol. The second-order valence-electron chi connectivity index (χ2n) is 5.47. The van der Waals surface area contributed by atoms with Crippen LogP contribution in [0.3, 0.4) is 0 Å². The number of benzene rings is 1. The standard InChI is InChI=1S/C15H17F2N3O3/c16-9-2-1-3-10(17)13(9)20-6-4-11(15(20)22)19-14(21)12-8-18-5-7-23-12/h1-3,11-12,18H,4-8H2,(H,19,21)/t11-,12-/m1/s1. The molecule has 2 N–H and O–H groups in total. The minimum atomic E-state index is -0.801. The fourth-order valence-electron chi connectivity index (χ4n) is 2.78. The SMILES string of the molecule is O=C(N[C@@H]1CCN(c2c(F)cccc2F)C1=O)[C@H]1CNCCO1. The summed E-state index contributed by atoms with van der Waals surface area (Å²) < 4.78 is 32.9. The van der Waals surface area contributed by atoms with E-state index >= 15 is 0 Å². The van der Waals surface area contributed by atoms with Crippen LogP contribution in [0, 0.1) is 11.6 Å². The van der Waals surface area contributed by atoms with E-state index in [0.29, 0.717) is 26.1 Å². The quantitative estimate of drug-likeness (QED) is 0.831. The summed E-state index contributed by atoms with van der Waals surface area (Å²) in [6, 6.07) is 2.63. The lowest BCUT2D eigenvalue weighted by atomic mass is 10.2. The van der Waals surface area contributed by atoms with Crippen LogP contribution in [0.4, 0.5) is 14.5 Å². The Balaban J connectivity index is 1.68. The first-order chi connectivity index (χ1) is 11.1. The van der Waals surface area contributed by atoms with E-state index in [1.165, 1.54) is 6.07 Å². The van der Waals surface area contributed by atoms with E-state index in [1.807, 2.05) is 0 Å². The number of morpholine rings is 1. The molecule has 1 aromatic carbocycles. The molecular formula is C15H17F2N3O3. The normalized spacial score (nSPS) is 24.8. The summed E-state index contributed by atoms with van der Waals surface area (Å²) in [6.07, 6.45) is -0.366. The molecule has 1 aromatic rings. The van der Waals surface area contributed by atoms with Gasteiger partial charge in [-0.3, -0.25) is 9.59 Å². The first-order valence-corrected chi connectivity index (χ1v) is 7.46. The predicted octanol–water partition coefficient (Wildman–Crippen LogP) is 0.175. The van der Waals surface area contributed by atoms with Gasteiger partial charge in [-0.1, -0.05) is 6.07 Å². The Kier molecular flexibility index (Phi) is 4.53. The Hall–Kier alpha value is -2.06. The number of carbonyl (C=O) groups is 2. The Labute approximate surface area is 131 Å². The van der Waals surface area contributed by atoms with Crippen LogP contribution < -0.4 is 15.5 Å². The summed E-state index contributed by atoms with van der Waals surface area (Å²) >= 11 is 0. The maximum Gasteiger partial charge on any atom is 0.251 e. The van der Waals surface area contributed by atoms with Crippen molar-refractivity contribution >= 4 is 17.5 Å². The zero-order valence-electron chi connectivity index (χ0n) is 12.4. The smallest absolute Gasteiger partial charge is 0.251 e. The summed E-state index contributed by atoms with van der Waals surface area (Å²) in [5.74, 6) is -2.52. The predicted molar refractivity (Wildman–Crippen MR) is 77.9 cm³/mol. The van der Waals surface area contributed by atoms with E-state index in [4.69, 9.17) is 4.74 Å². The van der Waals surface area contributed by atoms with Crippen LogP contribution in [0.15, 0.2) is 18.2 Å². The lowest BCUT2D eigenvalue weighted by Gasteiger charge is -2.24. The molecule has 8 heteroatoms. The van der Waals surface area contributed by atoms with Gasteiger partial charge in [0.15, 0.2) is 0 Å². The second kappa shape index (κ2) is 6.59. The van der Waals surface area contributed by atoms with E-state index in [9.17, 15) is 18.4 Å². The maximum atomic E-state index is 13.8. The van der Waals surface area contributed by atoms with Gasteiger partial charge in [0.05, 0.1) is 6.61 Å². The fourth-order valence-corrected chi connectivity index (χ4v) is 2.78. The number of nitrogens with one attached hydrogen (secondary N) is 2. The molecule has 2 heterocycles. The van der Waals surface area contributed by atoms with Gasteiger partial charge in [-0.2, -0.15) is 0 Å². The Morgan fingerprint density at radius 1 is 1.35 bits per heavy atom. The van der Waals surface area contributed by atoms with Gasteiger partial charge >= 0.3 is 0 Å². The molecule has 0 radical (unpaired) electrons. The van der Waals surface area contributed by atoms with E-state index in [2.05, 4.69) is 10.6 Å². The zero-order valence-corrected chi connectivity index (χ0v) is 12.4. The van der Waals surface area contributed by atoms with Crippen molar-refractivity contribution < 1.29 is 23.1 Å². The van der Waals surface area contributed by atoms with Gasteiger partial charge in [0.2, 0.25) is 5.91 Å². The second-order valence-corrected chi connectivity index (χ2v) is 5.47. The third-order valence-electron chi connectivity index (χ3n) is 3.95. The summed E-state index contributed by atoms with van der Waals surface area (Å²) in [4.78, 5) is 25.5. The summed E-state index contributed by atoms with van der Waals surface area (Å²) in [5, 5.41) is 5.62. The number of rotatable bonds is 3. The van der Waals surface area contributed by atoms with Crippen LogP contribution in [0.25, 0.3) is 0 Å². The number of anilines is 1. The van der Waals surface area contributed by atoms with Crippen LogP contribution in [0.5, 0.6) is 0 Å². The van der Waals surface area contributed by atoms with Crippen molar-refractivity contribution in [3.05, 3.63) is 29.8 Å². The molecule has 2 amide bonds. The third kappa shape index (κ3) is 3.18. The van der Waals surface area contributed by atoms with Gasteiger partial charge in [0, 0.05) is 19.6 Å². The van der Waals surface area contributed by atoms with Crippen LogP contribution >= 0.6 is 0 Å². The Morgan fingerprint density at radius 3 is 2.74 bits per heavy atom. The molecule has 6 nitrogen and oxygen atoms in total. The van der Waals surface area contributed by atoms with E-state index in [0.717, 1.165) is 17.0 Å².